The second-order valence-electron chi connectivity index (χ2n) is 4.65. The molecule has 0 atom stereocenters. The van der Waals surface area contributed by atoms with Gasteiger partial charge in [0.05, 0.1) is 12.3 Å². The number of aromatic nitrogens is 1. The highest BCUT2D eigenvalue weighted by atomic mass is 32.2. The van der Waals surface area contributed by atoms with Crippen molar-refractivity contribution in [3.05, 3.63) is 64.6 Å². The molecule has 1 N–H and O–H groups in total. The van der Waals surface area contributed by atoms with Crippen LogP contribution in [0.3, 0.4) is 0 Å². The number of amides is 1. The predicted molar refractivity (Wildman–Crippen MR) is 83.4 cm³/mol. The quantitative estimate of drug-likeness (QED) is 0.908. The fourth-order valence-corrected chi connectivity index (χ4v) is 2.19. The molecule has 0 aliphatic carbocycles. The largest absolute Gasteiger partial charge is 0.442 e. The van der Waals surface area contributed by atoms with E-state index in [1.165, 1.54) is 10.6 Å². The lowest BCUT2D eigenvalue weighted by atomic mass is 10.2. The van der Waals surface area contributed by atoms with E-state index in [0.717, 1.165) is 5.56 Å². The number of halogens is 3. The minimum Gasteiger partial charge on any atom is -0.325 e. The van der Waals surface area contributed by atoms with Gasteiger partial charge in [-0.2, -0.15) is 13.2 Å². The number of rotatable bonds is 5. The van der Waals surface area contributed by atoms with Crippen molar-refractivity contribution >= 4 is 23.4 Å². The molecule has 0 aliphatic rings. The van der Waals surface area contributed by atoms with E-state index in [1.807, 2.05) is 0 Å². The van der Waals surface area contributed by atoms with Gasteiger partial charge in [-0.25, -0.2) is 0 Å². The molecule has 8 heteroatoms. The van der Waals surface area contributed by atoms with Crippen molar-refractivity contribution < 1.29 is 18.0 Å². The smallest absolute Gasteiger partial charge is 0.325 e. The van der Waals surface area contributed by atoms with E-state index in [1.54, 1.807) is 42.6 Å². The Bertz CT molecular complexity index is 726. The van der Waals surface area contributed by atoms with Crippen LogP contribution in [0.1, 0.15) is 5.56 Å². The normalized spacial score (nSPS) is 11.3. The van der Waals surface area contributed by atoms with Crippen LogP contribution in [-0.4, -0.2) is 21.7 Å². The summed E-state index contributed by atoms with van der Waals surface area (Å²) in [6.45, 7) is 0.373. The standard InChI is InChI=1S/C15H13F3N2O2S/c16-15(17,18)23-10-13(21)19-12-6-4-11(5-7-12)9-20-8-2-1-3-14(20)22/h1-8H,9-10H2,(H,19,21). The third-order valence-electron chi connectivity index (χ3n) is 2.86. The second-order valence-corrected chi connectivity index (χ2v) is 5.69. The maximum atomic E-state index is 12.0. The SMILES string of the molecule is O=C(CSC(F)(F)F)Nc1ccc(Cn2ccccc2=O)cc1. The average molecular weight is 342 g/mol. The van der Waals surface area contributed by atoms with Crippen molar-refractivity contribution in [1.82, 2.24) is 4.57 Å². The third kappa shape index (κ3) is 5.82. The molecule has 0 aliphatic heterocycles. The van der Waals surface area contributed by atoms with Gasteiger partial charge in [-0.3, -0.25) is 9.59 Å². The molecule has 0 unspecified atom stereocenters. The highest BCUT2D eigenvalue weighted by Crippen LogP contribution is 2.29. The summed E-state index contributed by atoms with van der Waals surface area (Å²) in [5, 5.41) is 2.39. The second kappa shape index (κ2) is 7.36. The van der Waals surface area contributed by atoms with E-state index < -0.39 is 17.2 Å². The molecule has 1 amide bonds. The van der Waals surface area contributed by atoms with Gasteiger partial charge in [-0.15, -0.1) is 0 Å². The van der Waals surface area contributed by atoms with Crippen molar-refractivity contribution in [2.24, 2.45) is 0 Å². The summed E-state index contributed by atoms with van der Waals surface area (Å²) in [7, 11) is 0. The summed E-state index contributed by atoms with van der Waals surface area (Å²) in [6.07, 6.45) is 1.66. The molecule has 23 heavy (non-hydrogen) atoms. The van der Waals surface area contributed by atoms with Gasteiger partial charge in [-0.1, -0.05) is 18.2 Å². The van der Waals surface area contributed by atoms with Gasteiger partial charge in [0, 0.05) is 18.0 Å². The fraction of sp³-hybridized carbons (Fsp3) is 0.200. The Hall–Kier alpha value is -2.22. The molecular formula is C15H13F3N2O2S. The Balaban J connectivity index is 1.93. The Morgan fingerprint density at radius 1 is 1.13 bits per heavy atom. The minimum atomic E-state index is -4.43. The number of carbonyl (C=O) groups excluding carboxylic acids is 1. The van der Waals surface area contributed by atoms with Gasteiger partial charge in [-0.05, 0) is 35.5 Å². The van der Waals surface area contributed by atoms with Crippen LogP contribution in [0.2, 0.25) is 0 Å². The first kappa shape index (κ1) is 17.1. The lowest BCUT2D eigenvalue weighted by Crippen LogP contribution is -2.18. The van der Waals surface area contributed by atoms with Gasteiger partial charge in [0.25, 0.3) is 5.56 Å². The van der Waals surface area contributed by atoms with Crippen LogP contribution in [0.5, 0.6) is 0 Å². The summed E-state index contributed by atoms with van der Waals surface area (Å²) in [6, 6.07) is 11.4. The minimum absolute atomic E-state index is 0.131. The van der Waals surface area contributed by atoms with E-state index >= 15 is 0 Å². The number of anilines is 1. The number of pyridine rings is 1. The summed E-state index contributed by atoms with van der Waals surface area (Å²) < 4.78 is 37.5. The van der Waals surface area contributed by atoms with E-state index in [-0.39, 0.29) is 17.3 Å². The number of nitrogens with one attached hydrogen (secondary N) is 1. The van der Waals surface area contributed by atoms with Crippen molar-refractivity contribution in [2.75, 3.05) is 11.1 Å². The van der Waals surface area contributed by atoms with E-state index in [9.17, 15) is 22.8 Å². The molecule has 122 valence electrons. The van der Waals surface area contributed by atoms with Gasteiger partial charge in [0.1, 0.15) is 0 Å². The van der Waals surface area contributed by atoms with E-state index in [4.69, 9.17) is 0 Å². The number of hydrogen-bond acceptors (Lipinski definition) is 3. The predicted octanol–water partition coefficient (Wildman–Crippen LogP) is 3.09. The first-order valence-corrected chi connectivity index (χ1v) is 7.57. The van der Waals surface area contributed by atoms with Crippen LogP contribution < -0.4 is 10.9 Å². The molecular weight excluding hydrogens is 329 g/mol. The van der Waals surface area contributed by atoms with E-state index in [0.29, 0.717) is 12.2 Å². The van der Waals surface area contributed by atoms with Crippen LogP contribution in [0.25, 0.3) is 0 Å². The molecule has 2 rings (SSSR count). The topological polar surface area (TPSA) is 51.1 Å². The maximum Gasteiger partial charge on any atom is 0.442 e. The Morgan fingerprint density at radius 2 is 1.83 bits per heavy atom. The number of nitrogens with zero attached hydrogens (tertiary/aromatic N) is 1. The molecule has 1 aromatic carbocycles. The van der Waals surface area contributed by atoms with Gasteiger partial charge < -0.3 is 9.88 Å². The first-order chi connectivity index (χ1) is 10.8. The van der Waals surface area contributed by atoms with Crippen LogP contribution in [0.15, 0.2) is 53.5 Å². The van der Waals surface area contributed by atoms with E-state index in [2.05, 4.69) is 5.32 Å². The number of benzene rings is 1. The zero-order chi connectivity index (χ0) is 16.9. The number of alkyl halides is 3. The summed E-state index contributed by atoms with van der Waals surface area (Å²) >= 11 is -0.383. The summed E-state index contributed by atoms with van der Waals surface area (Å²) in [5.41, 5.74) is -3.32. The fourth-order valence-electron chi connectivity index (χ4n) is 1.83. The number of hydrogen-bond donors (Lipinski definition) is 1. The van der Waals surface area contributed by atoms with Crippen LogP contribution in [0, 0.1) is 0 Å². The molecule has 4 nitrogen and oxygen atoms in total. The molecule has 0 bridgehead atoms. The molecule has 0 saturated heterocycles. The lowest BCUT2D eigenvalue weighted by Gasteiger charge is -2.09. The molecule has 1 heterocycles. The van der Waals surface area contributed by atoms with Crippen molar-refractivity contribution in [3.63, 3.8) is 0 Å². The Kier molecular flexibility index (Phi) is 5.49. The zero-order valence-corrected chi connectivity index (χ0v) is 12.7. The molecule has 0 saturated carbocycles. The summed E-state index contributed by atoms with van der Waals surface area (Å²) in [5.74, 6) is -1.41. The Morgan fingerprint density at radius 3 is 2.43 bits per heavy atom. The monoisotopic (exact) mass is 342 g/mol. The van der Waals surface area contributed by atoms with Crippen molar-refractivity contribution in [2.45, 2.75) is 12.1 Å². The molecule has 0 radical (unpaired) electrons. The third-order valence-corrected chi connectivity index (χ3v) is 3.59. The molecule has 0 fully saturated rings. The van der Waals surface area contributed by atoms with Crippen LogP contribution in [0.4, 0.5) is 18.9 Å². The zero-order valence-electron chi connectivity index (χ0n) is 11.8. The molecule has 1 aromatic heterocycles. The van der Waals surface area contributed by atoms with Gasteiger partial charge >= 0.3 is 5.51 Å². The molecule has 0 spiro atoms. The Labute approximate surface area is 134 Å². The lowest BCUT2D eigenvalue weighted by molar-refractivity contribution is -0.114. The number of carbonyl (C=O) groups is 1. The highest BCUT2D eigenvalue weighted by Gasteiger charge is 2.29. The number of thioether (sulfide) groups is 1. The average Bonchev–Trinajstić information content (AvgIpc) is 2.49. The molecule has 2 aromatic rings. The van der Waals surface area contributed by atoms with Crippen molar-refractivity contribution in [3.8, 4) is 0 Å². The van der Waals surface area contributed by atoms with Crippen LogP contribution in [-0.2, 0) is 11.3 Å². The van der Waals surface area contributed by atoms with Crippen molar-refractivity contribution in [1.29, 1.82) is 0 Å². The first-order valence-electron chi connectivity index (χ1n) is 6.58. The summed E-state index contributed by atoms with van der Waals surface area (Å²) in [4.78, 5) is 23.0. The maximum absolute atomic E-state index is 12.0. The van der Waals surface area contributed by atoms with Gasteiger partial charge in [0.2, 0.25) is 5.91 Å². The van der Waals surface area contributed by atoms with Crippen LogP contribution >= 0.6 is 11.8 Å². The highest BCUT2D eigenvalue weighted by molar-refractivity contribution is 8.00. The van der Waals surface area contributed by atoms with Gasteiger partial charge in [0.15, 0.2) is 0 Å².